The number of carbonyl (C=O) groups is 1. The van der Waals surface area contributed by atoms with E-state index in [2.05, 4.69) is 20.2 Å². The van der Waals surface area contributed by atoms with Crippen molar-refractivity contribution in [2.75, 3.05) is 37.0 Å². The predicted octanol–water partition coefficient (Wildman–Crippen LogP) is 5.72. The van der Waals surface area contributed by atoms with Crippen LogP contribution in [0.15, 0.2) is 41.5 Å². The van der Waals surface area contributed by atoms with E-state index in [0.29, 0.717) is 48.5 Å². The number of H-pyrrole nitrogens is 1. The molecule has 2 atom stereocenters. The van der Waals surface area contributed by atoms with Gasteiger partial charge in [0.25, 0.3) is 5.91 Å². The van der Waals surface area contributed by atoms with E-state index in [-0.39, 0.29) is 29.3 Å². The highest BCUT2D eigenvalue weighted by Crippen LogP contribution is 2.38. The molecule has 2 N–H and O–H groups in total. The Morgan fingerprint density at radius 2 is 1.83 bits per heavy atom. The van der Waals surface area contributed by atoms with Crippen LogP contribution in [0.3, 0.4) is 0 Å². The first kappa shape index (κ1) is 31.0. The van der Waals surface area contributed by atoms with Crippen molar-refractivity contribution >= 4 is 17.3 Å². The van der Waals surface area contributed by atoms with Gasteiger partial charge >= 0.3 is 6.18 Å². The monoisotopic (exact) mass is 589 g/mol. The number of nitrogens with one attached hydrogen (secondary N) is 2. The minimum absolute atomic E-state index is 0.0845. The van der Waals surface area contributed by atoms with Gasteiger partial charge < -0.3 is 19.9 Å². The molecule has 1 saturated heterocycles. The second kappa shape index (κ2) is 12.1. The number of aromatic amines is 1. The Morgan fingerprint density at radius 3 is 2.43 bits per heavy atom. The molecule has 1 aromatic carbocycles. The number of benzene rings is 1. The molecule has 8 nitrogen and oxygen atoms in total. The fourth-order valence-corrected chi connectivity index (χ4v) is 4.94. The van der Waals surface area contributed by atoms with Crippen LogP contribution in [0.5, 0.6) is 5.88 Å². The van der Waals surface area contributed by atoms with Crippen molar-refractivity contribution in [2.24, 2.45) is 5.92 Å². The fourth-order valence-electron chi connectivity index (χ4n) is 4.94. The van der Waals surface area contributed by atoms with Crippen LogP contribution in [-0.2, 0) is 6.18 Å². The number of aromatic nitrogens is 2. The number of hydrogen-bond acceptors (Lipinski definition) is 6. The first-order valence-electron chi connectivity index (χ1n) is 13.7. The van der Waals surface area contributed by atoms with Gasteiger partial charge in [0, 0.05) is 60.3 Å². The zero-order valence-electron chi connectivity index (χ0n) is 24.4. The molecule has 3 heterocycles. The standard InChI is InChI=1S/C30H35F4N5O3/c1-16(2)15-42-29-17(3)7-20(11-36-29)21-8-25(26(10-24(21)31)39-13-18(4)38(6)19(5)14-39)37-28(41)22-12-35-27(40)9-23(22)30(32,33)34/h7-12,16,18-19H,13-15H2,1-6H3,(H,35,40)(H,37,41)/t18-,19+. The van der Waals surface area contributed by atoms with Crippen LogP contribution < -0.4 is 20.5 Å². The first-order chi connectivity index (χ1) is 19.6. The molecule has 226 valence electrons. The summed E-state index contributed by atoms with van der Waals surface area (Å²) in [6.07, 6.45) is -2.76. The number of carbonyl (C=O) groups excluding carboxylic acids is 1. The van der Waals surface area contributed by atoms with E-state index in [1.54, 1.807) is 13.0 Å². The molecule has 1 fully saturated rings. The second-order valence-electron chi connectivity index (χ2n) is 11.2. The minimum Gasteiger partial charge on any atom is -0.477 e. The van der Waals surface area contributed by atoms with E-state index >= 15 is 4.39 Å². The van der Waals surface area contributed by atoms with Gasteiger partial charge in [0.1, 0.15) is 5.82 Å². The van der Waals surface area contributed by atoms with Crippen LogP contribution in [0.25, 0.3) is 11.1 Å². The summed E-state index contributed by atoms with van der Waals surface area (Å²) in [6.45, 7) is 11.3. The van der Waals surface area contributed by atoms with E-state index in [1.165, 1.54) is 18.3 Å². The Morgan fingerprint density at radius 1 is 1.17 bits per heavy atom. The summed E-state index contributed by atoms with van der Waals surface area (Å²) in [5.41, 5.74) is -1.49. The molecular weight excluding hydrogens is 554 g/mol. The smallest absolute Gasteiger partial charge is 0.417 e. The Bertz CT molecular complexity index is 1510. The molecule has 1 amide bonds. The SMILES string of the molecule is Cc1cc(-c2cc(NC(=O)c3c[nH]c(=O)cc3C(F)(F)F)c(N3C[C@@H](C)N(C)[C@@H](C)C3)cc2F)cnc1OCC(C)C. The number of pyridine rings is 2. The van der Waals surface area contributed by atoms with Gasteiger partial charge in [0.15, 0.2) is 0 Å². The molecule has 0 spiro atoms. The van der Waals surface area contributed by atoms with Crippen LogP contribution in [0, 0.1) is 18.7 Å². The number of rotatable bonds is 7. The van der Waals surface area contributed by atoms with Crippen LogP contribution >= 0.6 is 0 Å². The summed E-state index contributed by atoms with van der Waals surface area (Å²) in [5.74, 6) is -0.989. The number of hydrogen-bond donors (Lipinski definition) is 2. The number of likely N-dealkylation sites (N-methyl/N-ethyl adjacent to an activating group) is 1. The van der Waals surface area contributed by atoms with Gasteiger partial charge in [0.2, 0.25) is 11.4 Å². The average molecular weight is 590 g/mol. The minimum atomic E-state index is -4.94. The molecular formula is C30H35F4N5O3. The number of piperazine rings is 1. The van der Waals surface area contributed by atoms with Gasteiger partial charge in [-0.1, -0.05) is 13.8 Å². The largest absolute Gasteiger partial charge is 0.477 e. The summed E-state index contributed by atoms with van der Waals surface area (Å²) in [7, 11) is 1.98. The van der Waals surface area contributed by atoms with E-state index in [4.69, 9.17) is 4.74 Å². The van der Waals surface area contributed by atoms with Gasteiger partial charge in [-0.3, -0.25) is 14.5 Å². The third kappa shape index (κ3) is 6.75. The summed E-state index contributed by atoms with van der Waals surface area (Å²) < 4.78 is 62.6. The number of alkyl halides is 3. The lowest BCUT2D eigenvalue weighted by molar-refractivity contribution is -0.138. The molecule has 0 bridgehead atoms. The lowest BCUT2D eigenvalue weighted by Crippen LogP contribution is -2.55. The van der Waals surface area contributed by atoms with Crippen molar-refractivity contribution in [3.8, 4) is 17.0 Å². The van der Waals surface area contributed by atoms with Gasteiger partial charge in [-0.25, -0.2) is 9.37 Å². The number of ether oxygens (including phenoxy) is 1. The van der Waals surface area contributed by atoms with Gasteiger partial charge in [-0.05, 0) is 51.9 Å². The van der Waals surface area contributed by atoms with Crippen LogP contribution in [0.1, 0.15) is 49.2 Å². The second-order valence-corrected chi connectivity index (χ2v) is 11.2. The Labute approximate surface area is 241 Å². The molecule has 42 heavy (non-hydrogen) atoms. The Hall–Kier alpha value is -3.93. The molecule has 0 aliphatic carbocycles. The van der Waals surface area contributed by atoms with Crippen molar-refractivity contribution in [3.05, 3.63) is 69.5 Å². The van der Waals surface area contributed by atoms with Gasteiger partial charge in [-0.15, -0.1) is 0 Å². The molecule has 1 aliphatic rings. The number of nitrogens with zero attached hydrogens (tertiary/aromatic N) is 3. The van der Waals surface area contributed by atoms with E-state index in [0.717, 1.165) is 6.20 Å². The van der Waals surface area contributed by atoms with Crippen molar-refractivity contribution in [1.82, 2.24) is 14.9 Å². The molecule has 1 aliphatic heterocycles. The van der Waals surface area contributed by atoms with Crippen LogP contribution in [-0.4, -0.2) is 59.6 Å². The Balaban J connectivity index is 1.79. The van der Waals surface area contributed by atoms with Crippen molar-refractivity contribution in [3.63, 3.8) is 0 Å². The van der Waals surface area contributed by atoms with E-state index < -0.39 is 34.6 Å². The normalized spacial score (nSPS) is 17.9. The highest BCUT2D eigenvalue weighted by atomic mass is 19.4. The molecule has 0 unspecified atom stereocenters. The third-order valence-electron chi connectivity index (χ3n) is 7.40. The summed E-state index contributed by atoms with van der Waals surface area (Å²) in [4.78, 5) is 35.5. The zero-order chi connectivity index (χ0) is 30.9. The lowest BCUT2D eigenvalue weighted by atomic mass is 10.0. The van der Waals surface area contributed by atoms with Gasteiger partial charge in [-0.2, -0.15) is 13.2 Å². The molecule has 12 heteroatoms. The van der Waals surface area contributed by atoms with E-state index in [1.807, 2.05) is 39.6 Å². The highest BCUT2D eigenvalue weighted by Gasteiger charge is 2.36. The van der Waals surface area contributed by atoms with E-state index in [9.17, 15) is 22.8 Å². The highest BCUT2D eigenvalue weighted by molar-refractivity contribution is 6.07. The predicted molar refractivity (Wildman–Crippen MR) is 154 cm³/mol. The molecule has 2 aromatic heterocycles. The van der Waals surface area contributed by atoms with Crippen molar-refractivity contribution in [1.29, 1.82) is 0 Å². The summed E-state index contributed by atoms with van der Waals surface area (Å²) in [5, 5.41) is 2.57. The van der Waals surface area contributed by atoms with Crippen molar-refractivity contribution < 1.29 is 27.1 Å². The zero-order valence-corrected chi connectivity index (χ0v) is 24.4. The Kier molecular flexibility index (Phi) is 8.95. The topological polar surface area (TPSA) is 90.6 Å². The number of halogens is 4. The fraction of sp³-hybridized carbons (Fsp3) is 0.433. The first-order valence-corrected chi connectivity index (χ1v) is 13.7. The maximum absolute atomic E-state index is 15.8. The maximum Gasteiger partial charge on any atom is 0.417 e. The van der Waals surface area contributed by atoms with Gasteiger partial charge in [0.05, 0.1) is 29.1 Å². The summed E-state index contributed by atoms with van der Waals surface area (Å²) in [6, 6.07) is 4.90. The molecule has 4 rings (SSSR count). The quantitative estimate of drug-likeness (QED) is 0.343. The molecule has 0 saturated carbocycles. The third-order valence-corrected chi connectivity index (χ3v) is 7.40. The van der Waals surface area contributed by atoms with Crippen LogP contribution in [0.4, 0.5) is 28.9 Å². The van der Waals surface area contributed by atoms with Crippen molar-refractivity contribution in [2.45, 2.75) is 52.9 Å². The number of aryl methyl sites for hydroxylation is 1. The molecule has 0 radical (unpaired) electrons. The van der Waals surface area contributed by atoms with Crippen LogP contribution in [0.2, 0.25) is 0 Å². The average Bonchev–Trinajstić information content (AvgIpc) is 2.90. The lowest BCUT2D eigenvalue weighted by Gasteiger charge is -2.44. The maximum atomic E-state index is 15.8. The number of anilines is 2. The molecule has 3 aromatic rings. The number of amides is 1. The summed E-state index contributed by atoms with van der Waals surface area (Å²) >= 11 is 0.